The molecule has 0 saturated carbocycles. The zero-order chi connectivity index (χ0) is 12.0. The largest absolute Gasteiger partial charge is 0.382 e. The molecule has 2 N–H and O–H groups in total. The maximum Gasteiger partial charge on any atom is 0.155 e. The Morgan fingerprint density at radius 1 is 1.12 bits per heavy atom. The van der Waals surface area contributed by atoms with Gasteiger partial charge >= 0.3 is 0 Å². The van der Waals surface area contributed by atoms with Gasteiger partial charge in [0.05, 0.1) is 5.69 Å². The molecule has 0 aliphatic carbocycles. The molecule has 0 radical (unpaired) electrons. The molecule has 0 spiro atoms. The van der Waals surface area contributed by atoms with Crippen LogP contribution in [0.2, 0.25) is 0 Å². The molecule has 0 aliphatic rings. The fraction of sp³-hybridized carbons (Fsp3) is 0.500. The first-order chi connectivity index (χ1) is 7.45. The summed E-state index contributed by atoms with van der Waals surface area (Å²) in [6, 6.07) is 0. The van der Waals surface area contributed by atoms with E-state index in [-0.39, 0.29) is 0 Å². The molecule has 0 atom stereocenters. The Balaban J connectivity index is 3.02. The van der Waals surface area contributed by atoms with Crippen LogP contribution >= 0.6 is 0 Å². The number of rotatable bonds is 1. The van der Waals surface area contributed by atoms with Crippen molar-refractivity contribution in [1.82, 2.24) is 14.8 Å². The monoisotopic (exact) mass is 218 g/mol. The minimum atomic E-state index is 0.448. The highest BCUT2D eigenvalue weighted by atomic mass is 15.1. The lowest BCUT2D eigenvalue weighted by Crippen LogP contribution is -2.00. The lowest BCUT2D eigenvalue weighted by atomic mass is 10.0. The number of hydrogen-bond donors (Lipinski definition) is 1. The lowest BCUT2D eigenvalue weighted by molar-refractivity contribution is 0.733. The Hall–Kier alpha value is -1.58. The Bertz CT molecular complexity index is 552. The second kappa shape index (κ2) is 3.47. The Labute approximate surface area is 95.5 Å². The van der Waals surface area contributed by atoms with Gasteiger partial charge < -0.3 is 10.3 Å². The Morgan fingerprint density at radius 2 is 1.75 bits per heavy atom. The van der Waals surface area contributed by atoms with Crippen molar-refractivity contribution in [3.8, 4) is 0 Å². The zero-order valence-electron chi connectivity index (χ0n) is 10.5. The minimum absolute atomic E-state index is 0.448. The summed E-state index contributed by atoms with van der Waals surface area (Å²) in [6.07, 6.45) is 0. The van der Waals surface area contributed by atoms with E-state index in [4.69, 9.17) is 5.73 Å². The fourth-order valence-corrected chi connectivity index (χ4v) is 2.41. The van der Waals surface area contributed by atoms with E-state index in [1.165, 1.54) is 11.1 Å². The van der Waals surface area contributed by atoms with Crippen LogP contribution in [0.3, 0.4) is 0 Å². The second-order valence-corrected chi connectivity index (χ2v) is 4.61. The van der Waals surface area contributed by atoms with Gasteiger partial charge in [-0.25, -0.2) is 0 Å². The number of aromatic nitrogens is 3. The molecule has 2 rings (SSSR count). The van der Waals surface area contributed by atoms with E-state index in [2.05, 4.69) is 42.6 Å². The van der Waals surface area contributed by atoms with Crippen LogP contribution in [0, 0.1) is 13.8 Å². The van der Waals surface area contributed by atoms with Crippen LogP contribution in [0.5, 0.6) is 0 Å². The quantitative estimate of drug-likeness (QED) is 0.799. The van der Waals surface area contributed by atoms with Gasteiger partial charge in [-0.2, -0.15) is 5.10 Å². The number of anilines is 1. The molecule has 0 unspecified atom stereocenters. The molecule has 2 aromatic rings. The maximum atomic E-state index is 5.92. The molecule has 16 heavy (non-hydrogen) atoms. The third kappa shape index (κ3) is 1.29. The molecule has 86 valence electrons. The van der Waals surface area contributed by atoms with Crippen LogP contribution in [-0.2, 0) is 7.05 Å². The van der Waals surface area contributed by atoms with Crippen molar-refractivity contribution in [2.24, 2.45) is 7.05 Å². The van der Waals surface area contributed by atoms with Gasteiger partial charge in [-0.05, 0) is 19.8 Å². The van der Waals surface area contributed by atoms with Crippen LogP contribution in [0.15, 0.2) is 0 Å². The van der Waals surface area contributed by atoms with Crippen molar-refractivity contribution in [2.75, 3.05) is 5.73 Å². The number of nitrogen functional groups attached to an aromatic ring is 1. The third-order valence-electron chi connectivity index (χ3n) is 3.20. The van der Waals surface area contributed by atoms with E-state index in [9.17, 15) is 0 Å². The average molecular weight is 218 g/mol. The van der Waals surface area contributed by atoms with Gasteiger partial charge in [-0.3, -0.25) is 0 Å². The van der Waals surface area contributed by atoms with Crippen LogP contribution in [-0.4, -0.2) is 14.8 Å². The molecule has 0 aliphatic heterocycles. The molecule has 0 bridgehead atoms. The van der Waals surface area contributed by atoms with E-state index in [1.54, 1.807) is 0 Å². The minimum Gasteiger partial charge on any atom is -0.382 e. The normalized spacial score (nSPS) is 11.6. The van der Waals surface area contributed by atoms with Crippen molar-refractivity contribution in [3.63, 3.8) is 0 Å². The van der Waals surface area contributed by atoms with Gasteiger partial charge in [0, 0.05) is 29.2 Å². The Morgan fingerprint density at radius 3 is 2.31 bits per heavy atom. The van der Waals surface area contributed by atoms with E-state index >= 15 is 0 Å². The summed E-state index contributed by atoms with van der Waals surface area (Å²) in [5.41, 5.74) is 9.32. The van der Waals surface area contributed by atoms with Gasteiger partial charge in [0.15, 0.2) is 5.82 Å². The smallest absolute Gasteiger partial charge is 0.155 e. The SMILES string of the molecule is Cc1nnc(N)c2c(C)n(C)c(C(C)C)c12. The summed E-state index contributed by atoms with van der Waals surface area (Å²) in [5.74, 6) is 0.976. The lowest BCUT2D eigenvalue weighted by Gasteiger charge is -2.09. The molecule has 0 amide bonds. The molecule has 0 saturated heterocycles. The standard InChI is InChI=1S/C12H18N4/c1-6(2)11-9-7(3)14-15-12(13)10(9)8(4)16(11)5/h6H,1-5H3,(H2,13,15). The molecular formula is C12H18N4. The third-order valence-corrected chi connectivity index (χ3v) is 3.20. The Kier molecular flexibility index (Phi) is 2.37. The number of hydrogen-bond acceptors (Lipinski definition) is 3. The van der Waals surface area contributed by atoms with Crippen molar-refractivity contribution in [2.45, 2.75) is 33.6 Å². The maximum absolute atomic E-state index is 5.92. The van der Waals surface area contributed by atoms with Gasteiger partial charge in [-0.15, -0.1) is 5.10 Å². The molecule has 0 fully saturated rings. The molecule has 4 nitrogen and oxygen atoms in total. The van der Waals surface area contributed by atoms with E-state index < -0.39 is 0 Å². The van der Waals surface area contributed by atoms with Crippen LogP contribution in [0.1, 0.15) is 36.8 Å². The molecule has 2 heterocycles. The van der Waals surface area contributed by atoms with E-state index in [0.29, 0.717) is 11.7 Å². The summed E-state index contributed by atoms with van der Waals surface area (Å²) in [6.45, 7) is 8.43. The van der Waals surface area contributed by atoms with E-state index in [0.717, 1.165) is 16.8 Å². The molecule has 0 aromatic carbocycles. The van der Waals surface area contributed by atoms with Crippen molar-refractivity contribution in [3.05, 3.63) is 17.1 Å². The number of aryl methyl sites for hydroxylation is 2. The summed E-state index contributed by atoms with van der Waals surface area (Å²) >= 11 is 0. The van der Waals surface area contributed by atoms with Crippen molar-refractivity contribution < 1.29 is 0 Å². The summed E-state index contributed by atoms with van der Waals surface area (Å²) in [7, 11) is 2.07. The van der Waals surface area contributed by atoms with Gasteiger partial charge in [-0.1, -0.05) is 13.8 Å². The first-order valence-corrected chi connectivity index (χ1v) is 5.52. The van der Waals surface area contributed by atoms with Gasteiger partial charge in [0.2, 0.25) is 0 Å². The molecular weight excluding hydrogens is 200 g/mol. The summed E-state index contributed by atoms with van der Waals surface area (Å²) in [4.78, 5) is 0. The average Bonchev–Trinajstić information content (AvgIpc) is 2.47. The summed E-state index contributed by atoms with van der Waals surface area (Å²) < 4.78 is 2.20. The van der Waals surface area contributed by atoms with Crippen LogP contribution in [0.25, 0.3) is 10.8 Å². The first-order valence-electron chi connectivity index (χ1n) is 5.52. The van der Waals surface area contributed by atoms with Crippen LogP contribution in [0.4, 0.5) is 5.82 Å². The van der Waals surface area contributed by atoms with Crippen molar-refractivity contribution in [1.29, 1.82) is 0 Å². The molecule has 2 aromatic heterocycles. The van der Waals surface area contributed by atoms with Crippen molar-refractivity contribution >= 4 is 16.6 Å². The predicted molar refractivity (Wildman–Crippen MR) is 66.5 cm³/mol. The van der Waals surface area contributed by atoms with E-state index in [1.807, 2.05) is 6.92 Å². The predicted octanol–water partition coefficient (Wildman–Crippen LogP) is 2.29. The highest BCUT2D eigenvalue weighted by Gasteiger charge is 2.19. The van der Waals surface area contributed by atoms with Crippen LogP contribution < -0.4 is 5.73 Å². The highest BCUT2D eigenvalue weighted by Crippen LogP contribution is 2.33. The van der Waals surface area contributed by atoms with Gasteiger partial charge in [0.25, 0.3) is 0 Å². The number of nitrogens with zero attached hydrogens (tertiary/aromatic N) is 3. The highest BCUT2D eigenvalue weighted by molar-refractivity contribution is 5.97. The van der Waals surface area contributed by atoms with Gasteiger partial charge in [0.1, 0.15) is 0 Å². The topological polar surface area (TPSA) is 56.7 Å². The first kappa shape index (κ1) is 10.9. The fourth-order valence-electron chi connectivity index (χ4n) is 2.41. The number of fused-ring (bicyclic) bond motifs is 1. The summed E-state index contributed by atoms with van der Waals surface area (Å²) in [5, 5.41) is 10.3. The zero-order valence-corrected chi connectivity index (χ0v) is 10.5. The second-order valence-electron chi connectivity index (χ2n) is 4.61. The number of nitrogens with two attached hydrogens (primary N) is 1. The molecule has 4 heteroatoms.